The molecule has 0 unspecified atom stereocenters. The molecule has 5 nitrogen and oxygen atoms in total. The molecule has 0 saturated heterocycles. The van der Waals surface area contributed by atoms with Crippen LogP contribution in [0.2, 0.25) is 0 Å². The molecule has 1 N–H and O–H groups in total. The highest BCUT2D eigenvalue weighted by molar-refractivity contribution is 5.78. The van der Waals surface area contributed by atoms with Crippen molar-refractivity contribution in [3.63, 3.8) is 0 Å². The van der Waals surface area contributed by atoms with Crippen molar-refractivity contribution in [1.29, 1.82) is 0 Å². The largest absolute Gasteiger partial charge is 0.383 e. The number of methoxy groups -OCH3 is 1. The molecule has 0 spiro atoms. The lowest BCUT2D eigenvalue weighted by atomic mass is 10.2. The molecule has 1 heterocycles. The Bertz CT molecular complexity index is 368. The first-order valence-electron chi connectivity index (χ1n) is 6.53. The number of hydrogen-bond donors (Lipinski definition) is 1. The lowest BCUT2D eigenvalue weighted by Gasteiger charge is -2.27. The van der Waals surface area contributed by atoms with Gasteiger partial charge in [-0.25, -0.2) is 0 Å². The summed E-state index contributed by atoms with van der Waals surface area (Å²) in [4.78, 5) is 18.1. The van der Waals surface area contributed by atoms with Gasteiger partial charge in [0.15, 0.2) is 0 Å². The minimum Gasteiger partial charge on any atom is -0.383 e. The number of nitrogens with zero attached hydrogens (tertiary/aromatic N) is 2. The summed E-state index contributed by atoms with van der Waals surface area (Å²) in [6.07, 6.45) is 3.53. The van der Waals surface area contributed by atoms with Crippen LogP contribution in [0.15, 0.2) is 24.5 Å². The first-order valence-corrected chi connectivity index (χ1v) is 6.53. The Kier molecular flexibility index (Phi) is 7.07. The van der Waals surface area contributed by atoms with Gasteiger partial charge in [-0.2, -0.15) is 0 Å². The van der Waals surface area contributed by atoms with Crippen molar-refractivity contribution >= 4 is 5.91 Å². The van der Waals surface area contributed by atoms with Gasteiger partial charge in [0.25, 0.3) is 0 Å². The van der Waals surface area contributed by atoms with E-state index in [9.17, 15) is 4.79 Å². The van der Waals surface area contributed by atoms with E-state index in [2.05, 4.69) is 10.3 Å². The maximum absolute atomic E-state index is 12.2. The molecule has 0 aliphatic carbocycles. The van der Waals surface area contributed by atoms with E-state index in [-0.39, 0.29) is 11.9 Å². The van der Waals surface area contributed by atoms with Gasteiger partial charge in [0, 0.05) is 38.6 Å². The van der Waals surface area contributed by atoms with Crippen LogP contribution in [-0.2, 0) is 16.1 Å². The first kappa shape index (κ1) is 15.6. The zero-order valence-electron chi connectivity index (χ0n) is 11.9. The summed E-state index contributed by atoms with van der Waals surface area (Å²) in [7, 11) is 1.65. The van der Waals surface area contributed by atoms with Crippen LogP contribution in [0.3, 0.4) is 0 Å². The third kappa shape index (κ3) is 5.81. The van der Waals surface area contributed by atoms with Gasteiger partial charge in [0.1, 0.15) is 0 Å². The number of carbonyl (C=O) groups is 1. The van der Waals surface area contributed by atoms with Crippen molar-refractivity contribution in [3.05, 3.63) is 30.1 Å². The second-order valence-corrected chi connectivity index (χ2v) is 4.65. The normalized spacial score (nSPS) is 10.7. The molecule has 106 valence electrons. The Hall–Kier alpha value is -1.46. The number of carbonyl (C=O) groups excluding carboxylic acids is 1. The van der Waals surface area contributed by atoms with Crippen LogP contribution in [0.25, 0.3) is 0 Å². The molecule has 5 heteroatoms. The molecule has 0 atom stereocenters. The van der Waals surface area contributed by atoms with E-state index in [1.54, 1.807) is 19.5 Å². The molecule has 0 aliphatic rings. The molecule has 0 radical (unpaired) electrons. The van der Waals surface area contributed by atoms with Crippen LogP contribution < -0.4 is 5.32 Å². The summed E-state index contributed by atoms with van der Waals surface area (Å²) >= 11 is 0. The minimum absolute atomic E-state index is 0.0926. The lowest BCUT2D eigenvalue weighted by Crippen LogP contribution is -2.42. The second-order valence-electron chi connectivity index (χ2n) is 4.65. The van der Waals surface area contributed by atoms with Crippen molar-refractivity contribution in [1.82, 2.24) is 15.2 Å². The van der Waals surface area contributed by atoms with E-state index in [4.69, 9.17) is 4.74 Å². The molecule has 1 rings (SSSR count). The zero-order chi connectivity index (χ0) is 14.1. The van der Waals surface area contributed by atoms with Crippen molar-refractivity contribution < 1.29 is 9.53 Å². The highest BCUT2D eigenvalue weighted by Crippen LogP contribution is 2.07. The topological polar surface area (TPSA) is 54.5 Å². The van der Waals surface area contributed by atoms with Crippen LogP contribution >= 0.6 is 0 Å². The second kappa shape index (κ2) is 8.61. The highest BCUT2D eigenvalue weighted by Gasteiger charge is 2.16. The molecule has 19 heavy (non-hydrogen) atoms. The van der Waals surface area contributed by atoms with E-state index in [0.717, 1.165) is 5.56 Å². The van der Waals surface area contributed by atoms with Crippen LogP contribution in [0.4, 0.5) is 0 Å². The molecular weight excluding hydrogens is 242 g/mol. The molecule has 1 aromatic rings. The SMILES string of the molecule is COCCNCC(=O)N(Cc1cccnc1)C(C)C. The predicted octanol–water partition coefficient (Wildman–Crippen LogP) is 1.05. The molecule has 0 aromatic carbocycles. The lowest BCUT2D eigenvalue weighted by molar-refractivity contribution is -0.132. The highest BCUT2D eigenvalue weighted by atomic mass is 16.5. The van der Waals surface area contributed by atoms with E-state index < -0.39 is 0 Å². The van der Waals surface area contributed by atoms with Gasteiger partial charge in [-0.15, -0.1) is 0 Å². The third-order valence-corrected chi connectivity index (χ3v) is 2.78. The number of aromatic nitrogens is 1. The molecular formula is C14H23N3O2. The first-order chi connectivity index (χ1) is 9.15. The fourth-order valence-electron chi connectivity index (χ4n) is 1.72. The summed E-state index contributed by atoms with van der Waals surface area (Å²) in [6, 6.07) is 4.03. The Labute approximate surface area is 115 Å². The number of pyridine rings is 1. The fourth-order valence-corrected chi connectivity index (χ4v) is 1.72. The average molecular weight is 265 g/mol. The van der Waals surface area contributed by atoms with Crippen molar-refractivity contribution in [2.45, 2.75) is 26.4 Å². The summed E-state index contributed by atoms with van der Waals surface area (Å²) in [5, 5.41) is 3.08. The number of hydrogen-bond acceptors (Lipinski definition) is 4. The Morgan fingerprint density at radius 2 is 2.32 bits per heavy atom. The molecule has 1 aromatic heterocycles. The van der Waals surface area contributed by atoms with Crippen LogP contribution in [0.1, 0.15) is 19.4 Å². The average Bonchev–Trinajstić information content (AvgIpc) is 2.41. The summed E-state index contributed by atoms with van der Waals surface area (Å²) in [5.41, 5.74) is 1.04. The maximum atomic E-state index is 12.2. The number of nitrogens with one attached hydrogen (secondary N) is 1. The van der Waals surface area contributed by atoms with Gasteiger partial charge in [-0.3, -0.25) is 9.78 Å². The van der Waals surface area contributed by atoms with Gasteiger partial charge in [0.05, 0.1) is 13.2 Å². The van der Waals surface area contributed by atoms with Gasteiger partial charge < -0.3 is 15.0 Å². The maximum Gasteiger partial charge on any atom is 0.237 e. The van der Waals surface area contributed by atoms with E-state index in [1.165, 1.54) is 0 Å². The minimum atomic E-state index is 0.0926. The molecule has 1 amide bonds. The molecule has 0 fully saturated rings. The monoisotopic (exact) mass is 265 g/mol. The quantitative estimate of drug-likeness (QED) is 0.714. The number of amides is 1. The van der Waals surface area contributed by atoms with Crippen molar-refractivity contribution in [3.8, 4) is 0 Å². The zero-order valence-corrected chi connectivity index (χ0v) is 11.9. The van der Waals surface area contributed by atoms with Crippen LogP contribution in [0.5, 0.6) is 0 Å². The summed E-state index contributed by atoms with van der Waals surface area (Å²) < 4.78 is 4.93. The van der Waals surface area contributed by atoms with Gasteiger partial charge >= 0.3 is 0 Å². The van der Waals surface area contributed by atoms with Gasteiger partial charge in [0.2, 0.25) is 5.91 Å². The van der Waals surface area contributed by atoms with Crippen LogP contribution in [0, 0.1) is 0 Å². The predicted molar refractivity (Wildman–Crippen MR) is 74.7 cm³/mol. The third-order valence-electron chi connectivity index (χ3n) is 2.78. The number of rotatable bonds is 8. The smallest absolute Gasteiger partial charge is 0.237 e. The standard InChI is InChI=1S/C14H23N3O2/c1-12(2)17(11-13-5-4-6-15-9-13)14(18)10-16-7-8-19-3/h4-6,9,12,16H,7-8,10-11H2,1-3H3. The Morgan fingerprint density at radius 1 is 1.53 bits per heavy atom. The summed E-state index contributed by atoms with van der Waals surface area (Å²) in [5.74, 6) is 0.0926. The van der Waals surface area contributed by atoms with Crippen molar-refractivity contribution in [2.24, 2.45) is 0 Å². The summed E-state index contributed by atoms with van der Waals surface area (Å²) in [6.45, 7) is 6.25. The molecule has 0 bridgehead atoms. The molecule has 0 saturated carbocycles. The molecule has 0 aliphatic heterocycles. The fraction of sp³-hybridized carbons (Fsp3) is 0.571. The Morgan fingerprint density at radius 3 is 2.89 bits per heavy atom. The van der Waals surface area contributed by atoms with Crippen LogP contribution in [-0.4, -0.2) is 48.6 Å². The Balaban J connectivity index is 2.50. The van der Waals surface area contributed by atoms with Crippen molar-refractivity contribution in [2.75, 3.05) is 26.8 Å². The number of ether oxygens (including phenoxy) is 1. The van der Waals surface area contributed by atoms with E-state index >= 15 is 0 Å². The van der Waals surface area contributed by atoms with Gasteiger partial charge in [-0.05, 0) is 25.5 Å². The van der Waals surface area contributed by atoms with E-state index in [0.29, 0.717) is 26.2 Å². The van der Waals surface area contributed by atoms with Gasteiger partial charge in [-0.1, -0.05) is 6.07 Å². The van der Waals surface area contributed by atoms with E-state index in [1.807, 2.05) is 30.9 Å².